The van der Waals surface area contributed by atoms with Gasteiger partial charge in [0, 0.05) is 7.11 Å². The second-order valence-electron chi connectivity index (χ2n) is 4.44. The summed E-state index contributed by atoms with van der Waals surface area (Å²) in [5.41, 5.74) is 0. The van der Waals surface area contributed by atoms with Crippen LogP contribution in [0, 0.1) is 5.92 Å². The largest absolute Gasteiger partial charge is 0.481 e. The summed E-state index contributed by atoms with van der Waals surface area (Å²) in [6.07, 6.45) is 7.71. The van der Waals surface area contributed by atoms with Gasteiger partial charge in [0.15, 0.2) is 0 Å². The summed E-state index contributed by atoms with van der Waals surface area (Å²) in [7, 11) is 1.57. The highest BCUT2D eigenvalue weighted by Gasteiger charge is 2.23. The van der Waals surface area contributed by atoms with Crippen molar-refractivity contribution in [3.63, 3.8) is 0 Å². The SMILES string of the molecule is CCCCCCCCC(C(=O)O)C(C)OC.N. The fourth-order valence-electron chi connectivity index (χ4n) is 1.87. The van der Waals surface area contributed by atoms with E-state index in [0.29, 0.717) is 0 Å². The molecule has 0 aromatic carbocycles. The quantitative estimate of drug-likeness (QED) is 0.577. The van der Waals surface area contributed by atoms with Crippen molar-refractivity contribution in [2.75, 3.05) is 7.11 Å². The Labute approximate surface area is 105 Å². The molecular weight excluding hydrogens is 218 g/mol. The van der Waals surface area contributed by atoms with E-state index in [1.807, 2.05) is 6.92 Å². The standard InChI is InChI=1S/C13H26O3.H3N/c1-4-5-6-7-8-9-10-12(13(14)15)11(2)16-3;/h11-12H,4-10H2,1-3H3,(H,14,15);1H3. The van der Waals surface area contributed by atoms with Gasteiger partial charge in [0.2, 0.25) is 0 Å². The molecular formula is C13H29NO3. The highest BCUT2D eigenvalue weighted by atomic mass is 16.5. The third-order valence-electron chi connectivity index (χ3n) is 3.12. The highest BCUT2D eigenvalue weighted by molar-refractivity contribution is 5.70. The molecule has 4 N–H and O–H groups in total. The first-order valence-corrected chi connectivity index (χ1v) is 6.39. The summed E-state index contributed by atoms with van der Waals surface area (Å²) in [4.78, 5) is 11.0. The number of carbonyl (C=O) groups is 1. The molecule has 0 aliphatic carbocycles. The van der Waals surface area contributed by atoms with E-state index in [1.165, 1.54) is 25.7 Å². The lowest BCUT2D eigenvalue weighted by Crippen LogP contribution is -2.27. The average molecular weight is 247 g/mol. The van der Waals surface area contributed by atoms with E-state index in [1.54, 1.807) is 7.11 Å². The Balaban J connectivity index is 0. The van der Waals surface area contributed by atoms with E-state index >= 15 is 0 Å². The summed E-state index contributed by atoms with van der Waals surface area (Å²) >= 11 is 0. The van der Waals surface area contributed by atoms with E-state index in [2.05, 4.69) is 6.92 Å². The molecule has 4 nitrogen and oxygen atoms in total. The second-order valence-corrected chi connectivity index (χ2v) is 4.44. The molecule has 2 unspecified atom stereocenters. The van der Waals surface area contributed by atoms with Gasteiger partial charge in [-0.05, 0) is 13.3 Å². The van der Waals surface area contributed by atoms with Crippen LogP contribution >= 0.6 is 0 Å². The number of aliphatic carboxylic acids is 1. The van der Waals surface area contributed by atoms with Gasteiger partial charge in [0.05, 0.1) is 12.0 Å². The molecule has 0 aromatic heterocycles. The molecule has 0 radical (unpaired) electrons. The number of hydrogen-bond donors (Lipinski definition) is 2. The lowest BCUT2D eigenvalue weighted by Gasteiger charge is -2.18. The van der Waals surface area contributed by atoms with Crippen molar-refractivity contribution < 1.29 is 14.6 Å². The third kappa shape index (κ3) is 9.12. The second kappa shape index (κ2) is 11.9. The summed E-state index contributed by atoms with van der Waals surface area (Å²) < 4.78 is 5.09. The molecule has 0 fully saturated rings. The van der Waals surface area contributed by atoms with Crippen LogP contribution in [0.1, 0.15) is 58.8 Å². The molecule has 0 aliphatic heterocycles. The van der Waals surface area contributed by atoms with Crippen LogP contribution in [-0.2, 0) is 9.53 Å². The van der Waals surface area contributed by atoms with Gasteiger partial charge in [-0.15, -0.1) is 0 Å². The topological polar surface area (TPSA) is 81.5 Å². The van der Waals surface area contributed by atoms with Crippen LogP contribution in [-0.4, -0.2) is 24.3 Å². The zero-order chi connectivity index (χ0) is 12.4. The smallest absolute Gasteiger partial charge is 0.309 e. The van der Waals surface area contributed by atoms with E-state index in [0.717, 1.165) is 19.3 Å². The Morgan fingerprint density at radius 3 is 2.18 bits per heavy atom. The summed E-state index contributed by atoms with van der Waals surface area (Å²) in [5, 5.41) is 9.04. The molecule has 0 saturated heterocycles. The lowest BCUT2D eigenvalue weighted by molar-refractivity contribution is -0.146. The highest BCUT2D eigenvalue weighted by Crippen LogP contribution is 2.17. The van der Waals surface area contributed by atoms with E-state index in [-0.39, 0.29) is 18.2 Å². The van der Waals surface area contributed by atoms with Gasteiger partial charge in [0.25, 0.3) is 0 Å². The predicted molar refractivity (Wildman–Crippen MR) is 70.6 cm³/mol. The number of carboxylic acid groups (broad SMARTS) is 1. The summed E-state index contributed by atoms with van der Waals surface area (Å²) in [6.45, 7) is 4.02. The lowest BCUT2D eigenvalue weighted by atomic mass is 9.96. The van der Waals surface area contributed by atoms with Crippen LogP contribution in [0.25, 0.3) is 0 Å². The Morgan fingerprint density at radius 2 is 1.71 bits per heavy atom. The van der Waals surface area contributed by atoms with E-state index < -0.39 is 5.97 Å². The van der Waals surface area contributed by atoms with Crippen molar-refractivity contribution in [1.82, 2.24) is 6.15 Å². The minimum Gasteiger partial charge on any atom is -0.481 e. The average Bonchev–Trinajstić information content (AvgIpc) is 2.26. The summed E-state index contributed by atoms with van der Waals surface area (Å²) in [5.74, 6) is -1.08. The van der Waals surface area contributed by atoms with Crippen LogP contribution in [0.4, 0.5) is 0 Å². The van der Waals surface area contributed by atoms with Crippen LogP contribution in [0.15, 0.2) is 0 Å². The molecule has 0 bridgehead atoms. The van der Waals surface area contributed by atoms with Crippen molar-refractivity contribution >= 4 is 5.97 Å². The van der Waals surface area contributed by atoms with Crippen LogP contribution in [0.2, 0.25) is 0 Å². The molecule has 0 heterocycles. The molecule has 0 rings (SSSR count). The molecule has 4 heteroatoms. The Hall–Kier alpha value is -0.610. The van der Waals surface area contributed by atoms with Gasteiger partial charge >= 0.3 is 5.97 Å². The number of hydrogen-bond acceptors (Lipinski definition) is 3. The van der Waals surface area contributed by atoms with Crippen LogP contribution in [0.3, 0.4) is 0 Å². The Bertz CT molecular complexity index is 186. The molecule has 2 atom stereocenters. The molecule has 0 spiro atoms. The first-order valence-electron chi connectivity index (χ1n) is 6.39. The van der Waals surface area contributed by atoms with Crippen molar-refractivity contribution in [3.8, 4) is 0 Å². The zero-order valence-electron chi connectivity index (χ0n) is 11.6. The predicted octanol–water partition coefficient (Wildman–Crippen LogP) is 3.63. The summed E-state index contributed by atoms with van der Waals surface area (Å²) in [6, 6.07) is 0. The first kappa shape index (κ1) is 18.7. The van der Waals surface area contributed by atoms with Crippen molar-refractivity contribution in [1.29, 1.82) is 0 Å². The molecule has 0 aliphatic rings. The normalized spacial score (nSPS) is 13.8. The van der Waals surface area contributed by atoms with Crippen LogP contribution in [0.5, 0.6) is 0 Å². The fraction of sp³-hybridized carbons (Fsp3) is 0.923. The number of ether oxygens (including phenoxy) is 1. The number of methoxy groups -OCH3 is 1. The molecule has 17 heavy (non-hydrogen) atoms. The van der Waals surface area contributed by atoms with Gasteiger partial charge in [-0.1, -0.05) is 45.4 Å². The monoisotopic (exact) mass is 247 g/mol. The van der Waals surface area contributed by atoms with Gasteiger partial charge < -0.3 is 16.0 Å². The van der Waals surface area contributed by atoms with Gasteiger partial charge in [-0.2, -0.15) is 0 Å². The Morgan fingerprint density at radius 1 is 1.18 bits per heavy atom. The molecule has 0 amide bonds. The van der Waals surface area contributed by atoms with Crippen molar-refractivity contribution in [2.45, 2.75) is 64.9 Å². The molecule has 0 aromatic rings. The fourth-order valence-corrected chi connectivity index (χ4v) is 1.87. The van der Waals surface area contributed by atoms with Crippen molar-refractivity contribution in [3.05, 3.63) is 0 Å². The molecule has 104 valence electrons. The number of rotatable bonds is 10. The van der Waals surface area contributed by atoms with E-state index in [9.17, 15) is 4.79 Å². The maximum absolute atomic E-state index is 11.0. The number of carboxylic acids is 1. The minimum absolute atomic E-state index is 0. The van der Waals surface area contributed by atoms with Gasteiger partial charge in [-0.3, -0.25) is 4.79 Å². The maximum Gasteiger partial charge on any atom is 0.309 e. The maximum atomic E-state index is 11.0. The first-order chi connectivity index (χ1) is 7.63. The van der Waals surface area contributed by atoms with Gasteiger partial charge in [-0.25, -0.2) is 0 Å². The Kier molecular flexibility index (Phi) is 13.1. The zero-order valence-corrected chi connectivity index (χ0v) is 11.6. The van der Waals surface area contributed by atoms with Gasteiger partial charge in [0.1, 0.15) is 0 Å². The minimum atomic E-state index is -0.733. The molecule has 0 saturated carbocycles. The van der Waals surface area contributed by atoms with E-state index in [4.69, 9.17) is 9.84 Å². The number of unbranched alkanes of at least 4 members (excludes halogenated alkanes) is 5. The van der Waals surface area contributed by atoms with Crippen molar-refractivity contribution in [2.24, 2.45) is 5.92 Å². The third-order valence-corrected chi connectivity index (χ3v) is 3.12. The van der Waals surface area contributed by atoms with Crippen LogP contribution < -0.4 is 6.15 Å².